The fraction of sp³-hybridized carbons (Fsp3) is 0.647. The number of unbranched alkanes of at least 4 members (excludes halogenated alkanes) is 1. The normalized spacial score (nSPS) is 17.6. The summed E-state index contributed by atoms with van der Waals surface area (Å²) in [4.78, 5) is 2.56. The lowest BCUT2D eigenvalue weighted by Gasteiger charge is -2.36. The lowest BCUT2D eigenvalue weighted by atomic mass is 9.85. The molecule has 0 heterocycles. The zero-order chi connectivity index (χ0) is 13.6. The van der Waals surface area contributed by atoms with Crippen LogP contribution in [-0.2, 0) is 0 Å². The first-order chi connectivity index (χ1) is 9.29. The smallest absolute Gasteiger partial charge is 0.0366 e. The molecule has 1 aliphatic carbocycles. The average molecular weight is 260 g/mol. The molecule has 1 fully saturated rings. The highest BCUT2D eigenvalue weighted by Crippen LogP contribution is 2.38. The second-order valence-electron chi connectivity index (χ2n) is 6.02. The van der Waals surface area contributed by atoms with E-state index in [2.05, 4.69) is 42.2 Å². The van der Waals surface area contributed by atoms with Gasteiger partial charge in [0.1, 0.15) is 0 Å². The molecule has 2 rings (SSSR count). The minimum absolute atomic E-state index is 0.365. The van der Waals surface area contributed by atoms with Crippen LogP contribution in [0, 0.1) is 5.41 Å². The molecule has 1 aromatic rings. The van der Waals surface area contributed by atoms with Crippen molar-refractivity contribution in [1.29, 1.82) is 0 Å². The highest BCUT2D eigenvalue weighted by atomic mass is 15.1. The standard InChI is InChI=1S/C17H28N2/c1-2-3-13-19(16-9-5-4-6-10-16)15-17(14-18)11-7-8-12-17/h4-6,9-10H,2-3,7-8,11-15,18H2,1H3. The van der Waals surface area contributed by atoms with E-state index >= 15 is 0 Å². The van der Waals surface area contributed by atoms with E-state index in [0.29, 0.717) is 5.41 Å². The van der Waals surface area contributed by atoms with Crippen LogP contribution in [0.4, 0.5) is 5.69 Å². The Morgan fingerprint density at radius 2 is 1.84 bits per heavy atom. The van der Waals surface area contributed by atoms with E-state index in [1.807, 2.05) is 0 Å². The molecule has 0 bridgehead atoms. The Kier molecular flexibility index (Phi) is 5.26. The third kappa shape index (κ3) is 3.73. The number of para-hydroxylation sites is 1. The van der Waals surface area contributed by atoms with Crippen molar-refractivity contribution in [3.8, 4) is 0 Å². The largest absolute Gasteiger partial charge is 0.371 e. The lowest BCUT2D eigenvalue weighted by molar-refractivity contribution is 0.310. The molecule has 1 saturated carbocycles. The molecular formula is C17H28N2. The quantitative estimate of drug-likeness (QED) is 0.807. The van der Waals surface area contributed by atoms with E-state index < -0.39 is 0 Å². The summed E-state index contributed by atoms with van der Waals surface area (Å²) >= 11 is 0. The topological polar surface area (TPSA) is 29.3 Å². The van der Waals surface area contributed by atoms with Gasteiger partial charge in [0.15, 0.2) is 0 Å². The molecule has 2 N–H and O–H groups in total. The van der Waals surface area contributed by atoms with Gasteiger partial charge >= 0.3 is 0 Å². The first kappa shape index (κ1) is 14.4. The summed E-state index contributed by atoms with van der Waals surface area (Å²) < 4.78 is 0. The van der Waals surface area contributed by atoms with E-state index in [9.17, 15) is 0 Å². The third-order valence-electron chi connectivity index (χ3n) is 4.53. The Labute approximate surface area is 118 Å². The number of rotatable bonds is 7. The summed E-state index contributed by atoms with van der Waals surface area (Å²) in [6, 6.07) is 10.8. The fourth-order valence-electron chi connectivity index (χ4n) is 3.24. The van der Waals surface area contributed by atoms with E-state index in [-0.39, 0.29) is 0 Å². The van der Waals surface area contributed by atoms with Crippen molar-refractivity contribution in [2.45, 2.75) is 45.4 Å². The van der Waals surface area contributed by atoms with E-state index in [1.165, 1.54) is 44.2 Å². The Bertz CT molecular complexity index is 355. The van der Waals surface area contributed by atoms with Crippen molar-refractivity contribution in [2.75, 3.05) is 24.5 Å². The van der Waals surface area contributed by atoms with Crippen LogP contribution in [0.2, 0.25) is 0 Å². The Balaban J connectivity index is 2.09. The number of nitrogens with two attached hydrogens (primary N) is 1. The molecule has 106 valence electrons. The molecule has 0 saturated heterocycles. The molecule has 0 atom stereocenters. The fourth-order valence-corrected chi connectivity index (χ4v) is 3.24. The van der Waals surface area contributed by atoms with Crippen molar-refractivity contribution >= 4 is 5.69 Å². The number of anilines is 1. The summed E-state index contributed by atoms with van der Waals surface area (Å²) in [5, 5.41) is 0. The summed E-state index contributed by atoms with van der Waals surface area (Å²) in [6.45, 7) is 5.38. The number of nitrogens with zero attached hydrogens (tertiary/aromatic N) is 1. The predicted octanol–water partition coefficient (Wildman–Crippen LogP) is 3.81. The van der Waals surface area contributed by atoms with Crippen LogP contribution >= 0.6 is 0 Å². The first-order valence-corrected chi connectivity index (χ1v) is 7.80. The van der Waals surface area contributed by atoms with Gasteiger partial charge in [-0.15, -0.1) is 0 Å². The zero-order valence-corrected chi connectivity index (χ0v) is 12.3. The summed E-state index contributed by atoms with van der Waals surface area (Å²) in [5.41, 5.74) is 7.82. The monoisotopic (exact) mass is 260 g/mol. The molecule has 2 heteroatoms. The summed E-state index contributed by atoms with van der Waals surface area (Å²) in [7, 11) is 0. The molecule has 0 unspecified atom stereocenters. The molecule has 1 aliphatic rings. The molecule has 2 nitrogen and oxygen atoms in total. The van der Waals surface area contributed by atoms with Gasteiger partial charge in [-0.25, -0.2) is 0 Å². The second-order valence-corrected chi connectivity index (χ2v) is 6.02. The van der Waals surface area contributed by atoms with Gasteiger partial charge in [0.25, 0.3) is 0 Å². The first-order valence-electron chi connectivity index (χ1n) is 7.80. The third-order valence-corrected chi connectivity index (χ3v) is 4.53. The van der Waals surface area contributed by atoms with Crippen molar-refractivity contribution < 1.29 is 0 Å². The molecule has 0 aliphatic heterocycles. The highest BCUT2D eigenvalue weighted by Gasteiger charge is 2.34. The SMILES string of the molecule is CCCCN(CC1(CN)CCCC1)c1ccccc1. The lowest BCUT2D eigenvalue weighted by Crippen LogP contribution is -2.41. The maximum absolute atomic E-state index is 6.10. The van der Waals surface area contributed by atoms with E-state index in [1.54, 1.807) is 0 Å². The molecule has 0 aromatic heterocycles. The summed E-state index contributed by atoms with van der Waals surface area (Å²) in [6.07, 6.45) is 7.83. The Morgan fingerprint density at radius 1 is 1.16 bits per heavy atom. The van der Waals surface area contributed by atoms with Crippen molar-refractivity contribution in [1.82, 2.24) is 0 Å². The van der Waals surface area contributed by atoms with E-state index in [0.717, 1.165) is 19.6 Å². The highest BCUT2D eigenvalue weighted by molar-refractivity contribution is 5.46. The van der Waals surface area contributed by atoms with Crippen LogP contribution in [0.25, 0.3) is 0 Å². The van der Waals surface area contributed by atoms with Gasteiger partial charge in [-0.1, -0.05) is 44.4 Å². The van der Waals surface area contributed by atoms with Gasteiger partial charge in [-0.3, -0.25) is 0 Å². The molecular weight excluding hydrogens is 232 g/mol. The predicted molar refractivity (Wildman–Crippen MR) is 83.5 cm³/mol. The summed E-state index contributed by atoms with van der Waals surface area (Å²) in [5.74, 6) is 0. The van der Waals surface area contributed by atoms with Crippen LogP contribution in [0.15, 0.2) is 30.3 Å². The van der Waals surface area contributed by atoms with Gasteiger partial charge in [0, 0.05) is 24.2 Å². The van der Waals surface area contributed by atoms with Gasteiger partial charge in [0.2, 0.25) is 0 Å². The van der Waals surface area contributed by atoms with Crippen LogP contribution in [0.1, 0.15) is 45.4 Å². The number of hydrogen-bond acceptors (Lipinski definition) is 2. The Hall–Kier alpha value is -1.02. The minimum atomic E-state index is 0.365. The molecule has 19 heavy (non-hydrogen) atoms. The minimum Gasteiger partial charge on any atom is -0.371 e. The van der Waals surface area contributed by atoms with Gasteiger partial charge in [-0.05, 0) is 37.9 Å². The molecule has 0 radical (unpaired) electrons. The van der Waals surface area contributed by atoms with Crippen molar-refractivity contribution in [2.24, 2.45) is 11.1 Å². The molecule has 1 aromatic carbocycles. The van der Waals surface area contributed by atoms with Crippen molar-refractivity contribution in [3.05, 3.63) is 30.3 Å². The van der Waals surface area contributed by atoms with Crippen LogP contribution in [0.3, 0.4) is 0 Å². The zero-order valence-electron chi connectivity index (χ0n) is 12.3. The van der Waals surface area contributed by atoms with Gasteiger partial charge in [0.05, 0.1) is 0 Å². The van der Waals surface area contributed by atoms with Crippen LogP contribution in [0.5, 0.6) is 0 Å². The number of hydrogen-bond donors (Lipinski definition) is 1. The van der Waals surface area contributed by atoms with Gasteiger partial charge < -0.3 is 10.6 Å². The second kappa shape index (κ2) is 6.95. The van der Waals surface area contributed by atoms with Crippen LogP contribution < -0.4 is 10.6 Å². The number of benzene rings is 1. The van der Waals surface area contributed by atoms with Gasteiger partial charge in [-0.2, -0.15) is 0 Å². The van der Waals surface area contributed by atoms with Crippen LogP contribution in [-0.4, -0.2) is 19.6 Å². The average Bonchev–Trinajstić information content (AvgIpc) is 2.93. The maximum atomic E-state index is 6.10. The molecule has 0 spiro atoms. The van der Waals surface area contributed by atoms with Crippen molar-refractivity contribution in [3.63, 3.8) is 0 Å². The molecule has 0 amide bonds. The van der Waals surface area contributed by atoms with E-state index in [4.69, 9.17) is 5.73 Å². The maximum Gasteiger partial charge on any atom is 0.0366 e. The Morgan fingerprint density at radius 3 is 2.42 bits per heavy atom.